The molecule has 1 N–H and O–H groups in total. The zero-order valence-electron chi connectivity index (χ0n) is 17.5. The summed E-state index contributed by atoms with van der Waals surface area (Å²) in [5, 5.41) is 11.4. The van der Waals surface area contributed by atoms with Crippen molar-refractivity contribution in [2.24, 2.45) is 34.5 Å². The summed E-state index contributed by atoms with van der Waals surface area (Å²) in [5.41, 5.74) is 2.25. The van der Waals surface area contributed by atoms with Gasteiger partial charge in [-0.25, -0.2) is 0 Å². The van der Waals surface area contributed by atoms with Gasteiger partial charge >= 0.3 is 5.97 Å². The molecule has 0 bridgehead atoms. The quantitative estimate of drug-likeness (QED) is 0.582. The Balaban J connectivity index is 1.61. The molecule has 1 unspecified atom stereocenters. The van der Waals surface area contributed by atoms with Crippen LogP contribution >= 0.6 is 0 Å². The van der Waals surface area contributed by atoms with Crippen molar-refractivity contribution in [1.29, 1.82) is 0 Å². The van der Waals surface area contributed by atoms with Gasteiger partial charge in [0, 0.05) is 13.3 Å². The van der Waals surface area contributed by atoms with Gasteiger partial charge in [-0.05, 0) is 84.7 Å². The molecule has 0 heterocycles. The fourth-order valence-corrected chi connectivity index (χ4v) is 7.65. The van der Waals surface area contributed by atoms with Crippen molar-refractivity contribution in [3.8, 4) is 0 Å². The smallest absolute Gasteiger partial charge is 0.302 e. The normalized spacial score (nSPS) is 44.8. The third-order valence-electron chi connectivity index (χ3n) is 8.85. The van der Waals surface area contributed by atoms with Gasteiger partial charge in [0.1, 0.15) is 6.61 Å². The van der Waals surface area contributed by atoms with Gasteiger partial charge in [0.25, 0.3) is 0 Å². The number of hydrogen-bond acceptors (Lipinski definition) is 4. The molecule has 0 spiro atoms. The van der Waals surface area contributed by atoms with Crippen molar-refractivity contribution < 1.29 is 19.4 Å². The summed E-state index contributed by atoms with van der Waals surface area (Å²) in [5.74, 6) is 1.59. The molecular weight excluding hydrogens is 352 g/mol. The van der Waals surface area contributed by atoms with Crippen LogP contribution in [0, 0.1) is 34.5 Å². The average molecular weight is 387 g/mol. The Morgan fingerprint density at radius 1 is 1.29 bits per heavy atom. The van der Waals surface area contributed by atoms with Gasteiger partial charge in [-0.3, -0.25) is 9.59 Å². The van der Waals surface area contributed by atoms with Crippen LogP contribution in [-0.2, 0) is 14.3 Å². The Kier molecular flexibility index (Phi) is 4.85. The van der Waals surface area contributed by atoms with Gasteiger partial charge in [0.05, 0.1) is 6.10 Å². The average Bonchev–Trinajstić information content (AvgIpc) is 2.96. The van der Waals surface area contributed by atoms with Crippen LogP contribution in [0.25, 0.3) is 0 Å². The van der Waals surface area contributed by atoms with Gasteiger partial charge < -0.3 is 9.84 Å². The van der Waals surface area contributed by atoms with E-state index in [1.54, 1.807) is 0 Å². The maximum absolute atomic E-state index is 12.0. The molecule has 4 rings (SSSR count). The Morgan fingerprint density at radius 3 is 2.75 bits per heavy atom. The van der Waals surface area contributed by atoms with Crippen molar-refractivity contribution in [3.05, 3.63) is 23.8 Å². The Morgan fingerprint density at radius 2 is 2.04 bits per heavy atom. The van der Waals surface area contributed by atoms with Crippen molar-refractivity contribution in [3.63, 3.8) is 0 Å². The first kappa shape index (κ1) is 19.9. The summed E-state index contributed by atoms with van der Waals surface area (Å²) in [6.07, 6.45) is 8.08. The fraction of sp³-hybridized carbons (Fsp3) is 0.750. The van der Waals surface area contributed by atoms with E-state index in [1.807, 2.05) is 6.08 Å². The number of ketones is 1. The number of fused-ring (bicyclic) bond motifs is 5. The van der Waals surface area contributed by atoms with Gasteiger partial charge in [-0.2, -0.15) is 0 Å². The lowest BCUT2D eigenvalue weighted by Crippen LogP contribution is -2.56. The van der Waals surface area contributed by atoms with Gasteiger partial charge in [0.15, 0.2) is 5.78 Å². The summed E-state index contributed by atoms with van der Waals surface area (Å²) in [6.45, 7) is 10.6. The molecular formula is C24H34O4. The summed E-state index contributed by atoms with van der Waals surface area (Å²) < 4.78 is 5.23. The maximum atomic E-state index is 12.0. The molecule has 7 atom stereocenters. The van der Waals surface area contributed by atoms with Crippen LogP contribution in [0.2, 0.25) is 0 Å². The highest BCUT2D eigenvalue weighted by Crippen LogP contribution is 2.67. The first-order valence-electron chi connectivity index (χ1n) is 10.9. The third-order valence-corrected chi connectivity index (χ3v) is 8.85. The second kappa shape index (κ2) is 6.83. The molecule has 3 saturated carbocycles. The van der Waals surface area contributed by atoms with E-state index < -0.39 is 0 Å². The van der Waals surface area contributed by atoms with E-state index in [9.17, 15) is 14.7 Å². The summed E-state index contributed by atoms with van der Waals surface area (Å²) in [4.78, 5) is 23.2. The molecule has 4 aliphatic rings. The van der Waals surface area contributed by atoms with E-state index in [2.05, 4.69) is 20.4 Å². The number of aliphatic hydroxyl groups excluding tert-OH is 1. The standard InChI is InChI=1S/C24H34O4/c1-14(13-28-15(2)25)19-7-8-20-18-6-5-16-11-17(26)9-10-23(16,3)22(18)21(27)12-24(19,20)4/h11,18-22,27H,1,5-10,12-13H2,2-4H3/t18-,19+,20-,21?,22+,23-,24+/m0/s1. The molecule has 0 aromatic rings. The van der Waals surface area contributed by atoms with Crippen LogP contribution in [0.15, 0.2) is 23.8 Å². The molecule has 4 aliphatic carbocycles. The number of esters is 1. The highest BCUT2D eigenvalue weighted by Gasteiger charge is 2.62. The van der Waals surface area contributed by atoms with Crippen LogP contribution in [0.1, 0.15) is 65.7 Å². The highest BCUT2D eigenvalue weighted by atomic mass is 16.5. The van der Waals surface area contributed by atoms with Crippen molar-refractivity contribution >= 4 is 11.8 Å². The summed E-state index contributed by atoms with van der Waals surface area (Å²) in [6, 6.07) is 0. The minimum Gasteiger partial charge on any atom is -0.461 e. The Labute approximate surface area is 168 Å². The Hall–Kier alpha value is -1.42. The van der Waals surface area contributed by atoms with Crippen LogP contribution in [-0.4, -0.2) is 29.6 Å². The number of aliphatic hydroxyl groups is 1. The zero-order valence-corrected chi connectivity index (χ0v) is 17.5. The molecule has 0 aliphatic heterocycles. The van der Waals surface area contributed by atoms with Gasteiger partial charge in [-0.1, -0.05) is 26.0 Å². The first-order valence-corrected chi connectivity index (χ1v) is 10.9. The molecule has 0 saturated heterocycles. The van der Waals surface area contributed by atoms with Crippen LogP contribution in [0.5, 0.6) is 0 Å². The molecule has 28 heavy (non-hydrogen) atoms. The molecule has 3 fully saturated rings. The van der Waals surface area contributed by atoms with E-state index in [0.29, 0.717) is 30.8 Å². The molecule has 4 nitrogen and oxygen atoms in total. The molecule has 154 valence electrons. The number of ether oxygens (including phenoxy) is 1. The largest absolute Gasteiger partial charge is 0.461 e. The lowest BCUT2D eigenvalue weighted by molar-refractivity contribution is -0.141. The fourth-order valence-electron chi connectivity index (χ4n) is 7.65. The minimum absolute atomic E-state index is 0.0138. The second-order valence-corrected chi connectivity index (χ2v) is 10.2. The third kappa shape index (κ3) is 2.91. The molecule has 4 heteroatoms. The van der Waals surface area contributed by atoms with Gasteiger partial charge in [0.2, 0.25) is 0 Å². The zero-order chi connectivity index (χ0) is 20.3. The number of rotatable bonds is 3. The van der Waals surface area contributed by atoms with E-state index in [-0.39, 0.29) is 34.6 Å². The summed E-state index contributed by atoms with van der Waals surface area (Å²) in [7, 11) is 0. The Bertz CT molecular complexity index is 737. The van der Waals surface area contributed by atoms with E-state index in [0.717, 1.165) is 44.1 Å². The lowest BCUT2D eigenvalue weighted by Gasteiger charge is -2.60. The number of carbonyl (C=O) groups is 2. The van der Waals surface area contributed by atoms with E-state index in [4.69, 9.17) is 4.74 Å². The predicted molar refractivity (Wildman–Crippen MR) is 107 cm³/mol. The molecule has 0 aromatic heterocycles. The van der Waals surface area contributed by atoms with E-state index >= 15 is 0 Å². The minimum atomic E-state index is -0.352. The molecule has 0 amide bonds. The van der Waals surface area contributed by atoms with Crippen LogP contribution in [0.4, 0.5) is 0 Å². The monoisotopic (exact) mass is 386 g/mol. The topological polar surface area (TPSA) is 63.6 Å². The number of carbonyl (C=O) groups excluding carboxylic acids is 2. The molecule has 0 radical (unpaired) electrons. The van der Waals surface area contributed by atoms with Crippen LogP contribution < -0.4 is 0 Å². The van der Waals surface area contributed by atoms with Crippen molar-refractivity contribution in [2.75, 3.05) is 6.61 Å². The summed E-state index contributed by atoms with van der Waals surface area (Å²) >= 11 is 0. The first-order chi connectivity index (χ1) is 13.2. The van der Waals surface area contributed by atoms with E-state index in [1.165, 1.54) is 12.5 Å². The lowest BCUT2D eigenvalue weighted by atomic mass is 9.46. The maximum Gasteiger partial charge on any atom is 0.302 e. The predicted octanol–water partition coefficient (Wildman–Crippen LogP) is 4.22. The second-order valence-electron chi connectivity index (χ2n) is 10.2. The molecule has 0 aromatic carbocycles. The van der Waals surface area contributed by atoms with Crippen molar-refractivity contribution in [2.45, 2.75) is 71.8 Å². The van der Waals surface area contributed by atoms with Crippen LogP contribution in [0.3, 0.4) is 0 Å². The number of hydrogen-bond donors (Lipinski definition) is 1. The highest BCUT2D eigenvalue weighted by molar-refractivity contribution is 5.91. The van der Waals surface area contributed by atoms with Crippen molar-refractivity contribution in [1.82, 2.24) is 0 Å². The SMILES string of the molecule is C=C(COC(C)=O)[C@H]1CC[C@H]2[C@@H]3CCC4=CC(=O)CC[C@]4(C)[C@H]3C(O)C[C@]12C. The van der Waals surface area contributed by atoms with Gasteiger partial charge in [-0.15, -0.1) is 0 Å². The number of allylic oxidation sites excluding steroid dienone is 1.